The van der Waals surface area contributed by atoms with Crippen LogP contribution in [0, 0.1) is 11.3 Å². The highest BCUT2D eigenvalue weighted by molar-refractivity contribution is 5.96. The van der Waals surface area contributed by atoms with Gasteiger partial charge in [-0.2, -0.15) is 5.26 Å². The van der Waals surface area contributed by atoms with Crippen LogP contribution in [-0.2, 0) is 11.2 Å². The molecule has 0 radical (unpaired) electrons. The van der Waals surface area contributed by atoms with E-state index in [-0.39, 0.29) is 6.42 Å². The zero-order valence-electron chi connectivity index (χ0n) is 13.8. The molecule has 0 saturated heterocycles. The van der Waals surface area contributed by atoms with E-state index < -0.39 is 17.9 Å². The summed E-state index contributed by atoms with van der Waals surface area (Å²) in [5.74, 6) is -1.58. The van der Waals surface area contributed by atoms with Crippen molar-refractivity contribution in [2.45, 2.75) is 12.5 Å². The molecule has 0 aliphatic heterocycles. The number of fused-ring (bicyclic) bond motifs is 1. The van der Waals surface area contributed by atoms with Crippen LogP contribution in [0.2, 0.25) is 0 Å². The molecule has 128 valence electrons. The van der Waals surface area contributed by atoms with Crippen LogP contribution in [-0.4, -0.2) is 23.0 Å². The van der Waals surface area contributed by atoms with Crippen molar-refractivity contribution in [3.05, 3.63) is 83.4 Å². The lowest BCUT2D eigenvalue weighted by atomic mass is 10.0. The molecule has 0 aromatic heterocycles. The lowest BCUT2D eigenvalue weighted by Gasteiger charge is -2.15. The maximum atomic E-state index is 12.3. The average molecular weight is 344 g/mol. The second kappa shape index (κ2) is 7.49. The number of carboxylic acid groups (broad SMARTS) is 1. The Kier molecular flexibility index (Phi) is 4.95. The number of carbonyl (C=O) groups excluding carboxylic acids is 1. The van der Waals surface area contributed by atoms with E-state index in [2.05, 4.69) is 5.32 Å². The van der Waals surface area contributed by atoms with Gasteiger partial charge in [0.25, 0.3) is 5.91 Å². The third-order valence-corrected chi connectivity index (χ3v) is 4.13. The number of hydrogen-bond donors (Lipinski definition) is 2. The highest BCUT2D eigenvalue weighted by atomic mass is 16.4. The molecule has 26 heavy (non-hydrogen) atoms. The quantitative estimate of drug-likeness (QED) is 0.744. The molecule has 2 N–H and O–H groups in total. The van der Waals surface area contributed by atoms with E-state index in [9.17, 15) is 14.7 Å². The number of nitrogens with zero attached hydrogens (tertiary/aromatic N) is 1. The lowest BCUT2D eigenvalue weighted by molar-refractivity contribution is -0.139. The Labute approximate surface area is 150 Å². The maximum absolute atomic E-state index is 12.3. The first-order valence-corrected chi connectivity index (χ1v) is 8.08. The Morgan fingerprint density at radius 1 is 1.00 bits per heavy atom. The Hall–Kier alpha value is -3.65. The van der Waals surface area contributed by atoms with Gasteiger partial charge in [0.15, 0.2) is 0 Å². The van der Waals surface area contributed by atoms with E-state index in [4.69, 9.17) is 5.26 Å². The molecule has 5 heteroatoms. The van der Waals surface area contributed by atoms with Crippen molar-refractivity contribution in [2.24, 2.45) is 0 Å². The van der Waals surface area contributed by atoms with Crippen LogP contribution in [0.25, 0.3) is 10.8 Å². The Morgan fingerprint density at radius 2 is 1.69 bits per heavy atom. The molecule has 0 unspecified atom stereocenters. The minimum absolute atomic E-state index is 0.183. The van der Waals surface area contributed by atoms with Crippen LogP contribution in [0.4, 0.5) is 0 Å². The van der Waals surface area contributed by atoms with E-state index in [0.29, 0.717) is 11.1 Å². The highest BCUT2D eigenvalue weighted by Gasteiger charge is 2.21. The molecule has 3 aromatic carbocycles. The zero-order valence-corrected chi connectivity index (χ0v) is 13.8. The van der Waals surface area contributed by atoms with Crippen molar-refractivity contribution in [3.63, 3.8) is 0 Å². The van der Waals surface area contributed by atoms with Gasteiger partial charge in [-0.1, -0.05) is 42.5 Å². The molecular formula is C21H16N2O3. The summed E-state index contributed by atoms with van der Waals surface area (Å²) in [5.41, 5.74) is 1.58. The minimum atomic E-state index is -1.10. The predicted octanol–water partition coefficient (Wildman–Crippen LogP) is 3.14. The Balaban J connectivity index is 1.76. The van der Waals surface area contributed by atoms with E-state index in [1.807, 2.05) is 48.5 Å². The molecule has 3 rings (SSSR count). The number of carbonyl (C=O) groups is 2. The van der Waals surface area contributed by atoms with Gasteiger partial charge >= 0.3 is 5.97 Å². The number of hydrogen-bond acceptors (Lipinski definition) is 3. The van der Waals surface area contributed by atoms with Crippen LogP contribution < -0.4 is 5.32 Å². The fourth-order valence-corrected chi connectivity index (χ4v) is 2.74. The Morgan fingerprint density at radius 3 is 2.35 bits per heavy atom. The summed E-state index contributed by atoms with van der Waals surface area (Å²) < 4.78 is 0. The summed E-state index contributed by atoms with van der Waals surface area (Å²) in [6.45, 7) is 0. The molecule has 0 fully saturated rings. The first-order chi connectivity index (χ1) is 12.6. The molecule has 0 heterocycles. The first-order valence-electron chi connectivity index (χ1n) is 8.08. The number of nitrogens with one attached hydrogen (secondary N) is 1. The van der Waals surface area contributed by atoms with Crippen molar-refractivity contribution in [3.8, 4) is 6.07 Å². The number of nitriles is 1. The third-order valence-electron chi connectivity index (χ3n) is 4.13. The summed E-state index contributed by atoms with van der Waals surface area (Å²) in [6.07, 6.45) is 0.183. The summed E-state index contributed by atoms with van der Waals surface area (Å²) in [7, 11) is 0. The van der Waals surface area contributed by atoms with Crippen molar-refractivity contribution >= 4 is 22.6 Å². The van der Waals surface area contributed by atoms with Crippen LogP contribution in [0.15, 0.2) is 66.7 Å². The van der Waals surface area contributed by atoms with Crippen LogP contribution >= 0.6 is 0 Å². The minimum Gasteiger partial charge on any atom is -0.480 e. The fourth-order valence-electron chi connectivity index (χ4n) is 2.74. The maximum Gasteiger partial charge on any atom is 0.326 e. The Bertz CT molecular complexity index is 1000. The number of carboxylic acids is 1. The third kappa shape index (κ3) is 3.87. The predicted molar refractivity (Wildman–Crippen MR) is 97.7 cm³/mol. The normalized spacial score (nSPS) is 11.5. The van der Waals surface area contributed by atoms with Gasteiger partial charge in [-0.05, 0) is 40.6 Å². The first kappa shape index (κ1) is 17.2. The molecule has 1 amide bonds. The van der Waals surface area contributed by atoms with Crippen molar-refractivity contribution in [2.75, 3.05) is 0 Å². The van der Waals surface area contributed by atoms with Crippen molar-refractivity contribution < 1.29 is 14.7 Å². The molecule has 5 nitrogen and oxygen atoms in total. The van der Waals surface area contributed by atoms with Crippen molar-refractivity contribution in [1.29, 1.82) is 5.26 Å². The molecule has 0 aliphatic rings. The largest absolute Gasteiger partial charge is 0.480 e. The molecule has 0 spiro atoms. The molecule has 1 atom stereocenters. The van der Waals surface area contributed by atoms with E-state index >= 15 is 0 Å². The second-order valence-electron chi connectivity index (χ2n) is 5.94. The molecule has 0 aliphatic carbocycles. The monoisotopic (exact) mass is 344 g/mol. The van der Waals surface area contributed by atoms with Gasteiger partial charge < -0.3 is 10.4 Å². The van der Waals surface area contributed by atoms with Gasteiger partial charge in [-0.3, -0.25) is 4.79 Å². The van der Waals surface area contributed by atoms with Gasteiger partial charge in [-0.25, -0.2) is 4.79 Å². The van der Waals surface area contributed by atoms with Crippen LogP contribution in [0.5, 0.6) is 0 Å². The zero-order chi connectivity index (χ0) is 18.5. The summed E-state index contributed by atoms with van der Waals surface area (Å²) in [4.78, 5) is 23.9. The van der Waals surface area contributed by atoms with Gasteiger partial charge in [0.2, 0.25) is 0 Å². The van der Waals surface area contributed by atoms with Gasteiger partial charge in [0.1, 0.15) is 6.04 Å². The van der Waals surface area contributed by atoms with Crippen LogP contribution in [0.1, 0.15) is 21.5 Å². The molecule has 0 bridgehead atoms. The number of aliphatic carboxylic acids is 1. The van der Waals surface area contributed by atoms with E-state index in [1.54, 1.807) is 0 Å². The fraction of sp³-hybridized carbons (Fsp3) is 0.0952. The van der Waals surface area contributed by atoms with Gasteiger partial charge in [-0.15, -0.1) is 0 Å². The van der Waals surface area contributed by atoms with E-state index in [0.717, 1.165) is 16.3 Å². The smallest absolute Gasteiger partial charge is 0.326 e. The standard InChI is InChI=1S/C21H16N2O3/c22-13-14-5-9-17(10-6-14)20(24)23-19(21(25)26)12-15-7-8-16-3-1-2-4-18(16)11-15/h1-11,19H,12H2,(H,23,24)(H,25,26)/t19-/m1/s1. The SMILES string of the molecule is N#Cc1ccc(C(=O)N[C@H](Cc2ccc3ccccc3c2)C(=O)O)cc1. The molecule has 0 saturated carbocycles. The van der Waals surface area contributed by atoms with Gasteiger partial charge in [0, 0.05) is 12.0 Å². The topological polar surface area (TPSA) is 90.2 Å². The van der Waals surface area contributed by atoms with Gasteiger partial charge in [0.05, 0.1) is 11.6 Å². The number of amides is 1. The average Bonchev–Trinajstić information content (AvgIpc) is 2.67. The summed E-state index contributed by atoms with van der Waals surface area (Å²) >= 11 is 0. The van der Waals surface area contributed by atoms with E-state index in [1.165, 1.54) is 24.3 Å². The summed E-state index contributed by atoms with van der Waals surface area (Å²) in [6, 6.07) is 20.5. The lowest BCUT2D eigenvalue weighted by Crippen LogP contribution is -2.42. The number of benzene rings is 3. The summed E-state index contributed by atoms with van der Waals surface area (Å²) in [5, 5.41) is 22.9. The van der Waals surface area contributed by atoms with Crippen molar-refractivity contribution in [1.82, 2.24) is 5.32 Å². The highest BCUT2D eigenvalue weighted by Crippen LogP contribution is 2.17. The number of rotatable bonds is 5. The molecule has 3 aromatic rings. The molecular weight excluding hydrogens is 328 g/mol. The second-order valence-corrected chi connectivity index (χ2v) is 5.94. The van der Waals surface area contributed by atoms with Crippen LogP contribution in [0.3, 0.4) is 0 Å².